The summed E-state index contributed by atoms with van der Waals surface area (Å²) in [7, 11) is -4.03. The van der Waals surface area contributed by atoms with E-state index in [0.717, 1.165) is 0 Å². The molecular formula is C17H18FN3O4S. The Kier molecular flexibility index (Phi) is 6.29. The highest BCUT2D eigenvalue weighted by atomic mass is 32.2. The summed E-state index contributed by atoms with van der Waals surface area (Å²) in [6.45, 7) is 0.157. The highest BCUT2D eigenvalue weighted by Gasteiger charge is 2.17. The zero-order chi connectivity index (χ0) is 19.2. The van der Waals surface area contributed by atoms with Crippen LogP contribution in [0.25, 0.3) is 0 Å². The molecule has 4 N–H and O–H groups in total. The molecule has 0 unspecified atom stereocenters. The Labute approximate surface area is 150 Å². The quantitative estimate of drug-likeness (QED) is 0.674. The number of nitrogens with two attached hydrogens (primary N) is 1. The Hall–Kier alpha value is -2.94. The van der Waals surface area contributed by atoms with Crippen LogP contribution in [0.5, 0.6) is 0 Å². The predicted molar refractivity (Wildman–Crippen MR) is 92.9 cm³/mol. The lowest BCUT2D eigenvalue weighted by Gasteiger charge is -2.08. The minimum atomic E-state index is -4.03. The second-order valence-corrected chi connectivity index (χ2v) is 7.16. The summed E-state index contributed by atoms with van der Waals surface area (Å²) >= 11 is 0. The number of halogens is 1. The Morgan fingerprint density at radius 3 is 2.31 bits per heavy atom. The maximum Gasteiger partial charge on any atom is 0.312 e. The summed E-state index contributed by atoms with van der Waals surface area (Å²) in [6.07, 6.45) is -0.0769. The highest BCUT2D eigenvalue weighted by molar-refractivity contribution is 7.90. The summed E-state index contributed by atoms with van der Waals surface area (Å²) < 4.78 is 39.9. The molecule has 0 saturated carbocycles. The van der Waals surface area contributed by atoms with Crippen molar-refractivity contribution in [3.8, 4) is 0 Å². The number of benzene rings is 2. The third kappa shape index (κ3) is 5.55. The van der Waals surface area contributed by atoms with E-state index in [9.17, 15) is 22.4 Å². The monoisotopic (exact) mass is 379 g/mol. The fourth-order valence-electron chi connectivity index (χ4n) is 2.18. The van der Waals surface area contributed by atoms with Crippen LogP contribution in [-0.4, -0.2) is 20.4 Å². The van der Waals surface area contributed by atoms with E-state index in [2.05, 4.69) is 5.32 Å². The summed E-state index contributed by atoms with van der Waals surface area (Å²) in [5.41, 5.74) is 5.94. The van der Waals surface area contributed by atoms with Gasteiger partial charge in [0, 0.05) is 13.0 Å². The van der Waals surface area contributed by atoms with E-state index in [0.29, 0.717) is 11.1 Å². The van der Waals surface area contributed by atoms with Crippen LogP contribution in [0, 0.1) is 5.82 Å². The highest BCUT2D eigenvalue weighted by Crippen LogP contribution is 2.12. The first kappa shape index (κ1) is 19.4. The van der Waals surface area contributed by atoms with Gasteiger partial charge >= 0.3 is 6.03 Å². The molecular weight excluding hydrogens is 361 g/mol. The van der Waals surface area contributed by atoms with E-state index in [1.54, 1.807) is 6.07 Å². The van der Waals surface area contributed by atoms with Gasteiger partial charge in [0.15, 0.2) is 0 Å². The average molecular weight is 379 g/mol. The first-order chi connectivity index (χ1) is 12.3. The van der Waals surface area contributed by atoms with Gasteiger partial charge in [0.2, 0.25) is 5.91 Å². The second-order valence-electron chi connectivity index (χ2n) is 5.48. The molecule has 0 radical (unpaired) electrons. The largest absolute Gasteiger partial charge is 0.352 e. The minimum absolute atomic E-state index is 0.0890. The molecule has 26 heavy (non-hydrogen) atoms. The van der Waals surface area contributed by atoms with Crippen molar-refractivity contribution in [1.82, 2.24) is 10.0 Å². The topological polar surface area (TPSA) is 118 Å². The summed E-state index contributed by atoms with van der Waals surface area (Å²) in [6, 6.07) is 10.9. The van der Waals surface area contributed by atoms with Crippen LogP contribution in [0.2, 0.25) is 0 Å². The fraction of sp³-hybridized carbons (Fsp3) is 0.176. The molecule has 0 spiro atoms. The number of carbonyl (C=O) groups excluding carboxylic acids is 2. The van der Waals surface area contributed by atoms with E-state index >= 15 is 0 Å². The molecule has 0 aromatic heterocycles. The molecule has 9 heteroatoms. The lowest BCUT2D eigenvalue weighted by molar-refractivity contribution is -0.119. The Bertz CT molecular complexity index is 898. The van der Waals surface area contributed by atoms with Gasteiger partial charge in [-0.2, -0.15) is 0 Å². The van der Waals surface area contributed by atoms with Gasteiger partial charge in [-0.25, -0.2) is 22.3 Å². The Balaban J connectivity index is 1.95. The molecule has 138 valence electrons. The molecule has 2 aromatic carbocycles. The number of amides is 3. The van der Waals surface area contributed by atoms with Crippen molar-refractivity contribution in [2.24, 2.45) is 5.73 Å². The Morgan fingerprint density at radius 1 is 1.04 bits per heavy atom. The standard InChI is InChI=1S/C17H18FN3O4S/c18-15-4-2-1-3-13(15)7-10-16(22)21-26(24,25)14-8-5-12(6-9-14)11-20-17(19)23/h1-6,8-9H,7,10-11H2,(H,21,22)(H3,19,20,23). The van der Waals surface area contributed by atoms with Gasteiger partial charge in [-0.1, -0.05) is 30.3 Å². The number of hydrogen-bond acceptors (Lipinski definition) is 4. The van der Waals surface area contributed by atoms with Crippen LogP contribution < -0.4 is 15.8 Å². The van der Waals surface area contributed by atoms with Gasteiger partial charge in [0.05, 0.1) is 4.90 Å². The van der Waals surface area contributed by atoms with Crippen LogP contribution in [-0.2, 0) is 27.8 Å². The van der Waals surface area contributed by atoms with Gasteiger partial charge in [-0.15, -0.1) is 0 Å². The molecule has 0 aliphatic heterocycles. The van der Waals surface area contributed by atoms with Gasteiger partial charge in [0.25, 0.3) is 10.0 Å². The summed E-state index contributed by atoms with van der Waals surface area (Å²) in [5, 5.41) is 2.38. The SMILES string of the molecule is NC(=O)NCc1ccc(S(=O)(=O)NC(=O)CCc2ccccc2F)cc1. The molecule has 0 saturated heterocycles. The first-order valence-corrected chi connectivity index (χ1v) is 9.17. The number of aryl methyl sites for hydroxylation is 1. The van der Waals surface area contributed by atoms with Gasteiger partial charge in [-0.05, 0) is 35.7 Å². The van der Waals surface area contributed by atoms with Gasteiger partial charge in [0.1, 0.15) is 5.82 Å². The lowest BCUT2D eigenvalue weighted by atomic mass is 10.1. The number of urea groups is 1. The minimum Gasteiger partial charge on any atom is -0.352 e. The smallest absolute Gasteiger partial charge is 0.312 e. The second kappa shape index (κ2) is 8.43. The number of nitrogens with one attached hydrogen (secondary N) is 2. The van der Waals surface area contributed by atoms with Gasteiger partial charge < -0.3 is 11.1 Å². The normalized spacial score (nSPS) is 11.0. The van der Waals surface area contributed by atoms with E-state index in [1.165, 1.54) is 42.5 Å². The van der Waals surface area contributed by atoms with Crippen LogP contribution in [0.15, 0.2) is 53.4 Å². The van der Waals surface area contributed by atoms with Crippen LogP contribution in [0.4, 0.5) is 9.18 Å². The molecule has 2 rings (SSSR count). The number of sulfonamides is 1. The van der Waals surface area contributed by atoms with Gasteiger partial charge in [-0.3, -0.25) is 4.79 Å². The number of rotatable bonds is 7. The van der Waals surface area contributed by atoms with E-state index in [-0.39, 0.29) is 24.3 Å². The average Bonchev–Trinajstić information content (AvgIpc) is 2.59. The van der Waals surface area contributed by atoms with Crippen LogP contribution in [0.3, 0.4) is 0 Å². The van der Waals surface area contributed by atoms with Crippen molar-refractivity contribution in [3.63, 3.8) is 0 Å². The molecule has 0 atom stereocenters. The zero-order valence-corrected chi connectivity index (χ0v) is 14.6. The molecule has 0 fully saturated rings. The number of hydrogen-bond donors (Lipinski definition) is 3. The molecule has 0 bridgehead atoms. The van der Waals surface area contributed by atoms with E-state index in [4.69, 9.17) is 5.73 Å². The number of carbonyl (C=O) groups is 2. The van der Waals surface area contributed by atoms with Crippen LogP contribution >= 0.6 is 0 Å². The molecule has 0 aliphatic rings. The molecule has 0 aliphatic carbocycles. The number of primary amides is 1. The maximum absolute atomic E-state index is 13.5. The lowest BCUT2D eigenvalue weighted by Crippen LogP contribution is -2.31. The Morgan fingerprint density at radius 2 is 1.69 bits per heavy atom. The van der Waals surface area contributed by atoms with E-state index < -0.39 is 27.8 Å². The van der Waals surface area contributed by atoms with Crippen LogP contribution in [0.1, 0.15) is 17.5 Å². The molecule has 3 amide bonds. The zero-order valence-electron chi connectivity index (χ0n) is 13.7. The fourth-order valence-corrected chi connectivity index (χ4v) is 3.20. The summed E-state index contributed by atoms with van der Waals surface area (Å²) in [5.74, 6) is -1.17. The molecule has 2 aromatic rings. The maximum atomic E-state index is 13.5. The third-order valence-electron chi connectivity index (χ3n) is 3.53. The third-order valence-corrected chi connectivity index (χ3v) is 4.92. The van der Waals surface area contributed by atoms with Crippen molar-refractivity contribution >= 4 is 22.0 Å². The summed E-state index contributed by atoms with van der Waals surface area (Å²) in [4.78, 5) is 22.4. The van der Waals surface area contributed by atoms with E-state index in [1.807, 2.05) is 4.72 Å². The first-order valence-electron chi connectivity index (χ1n) is 7.69. The van der Waals surface area contributed by atoms with Crippen molar-refractivity contribution in [1.29, 1.82) is 0 Å². The van der Waals surface area contributed by atoms with Crippen molar-refractivity contribution in [2.75, 3.05) is 0 Å². The molecule has 7 nitrogen and oxygen atoms in total. The molecule has 0 heterocycles. The van der Waals surface area contributed by atoms with Crippen molar-refractivity contribution in [2.45, 2.75) is 24.3 Å². The van der Waals surface area contributed by atoms with Crippen molar-refractivity contribution in [3.05, 3.63) is 65.5 Å². The van der Waals surface area contributed by atoms with Crippen molar-refractivity contribution < 1.29 is 22.4 Å². The predicted octanol–water partition coefficient (Wildman–Crippen LogP) is 1.43.